The van der Waals surface area contributed by atoms with Crippen molar-refractivity contribution in [3.63, 3.8) is 0 Å². The molecule has 30 heavy (non-hydrogen) atoms. The minimum absolute atomic E-state index is 0.0131. The molecule has 1 aliphatic rings. The van der Waals surface area contributed by atoms with Gasteiger partial charge in [0.2, 0.25) is 5.75 Å². The summed E-state index contributed by atoms with van der Waals surface area (Å²) in [5.74, 6) is 2.30. The number of fused-ring (bicyclic) bond motifs is 1. The highest BCUT2D eigenvalue weighted by Crippen LogP contribution is 2.50. The van der Waals surface area contributed by atoms with Gasteiger partial charge in [-0.1, -0.05) is 11.8 Å². The highest BCUT2D eigenvalue weighted by molar-refractivity contribution is 8.14. The topological polar surface area (TPSA) is 78.1 Å². The Morgan fingerprint density at radius 3 is 2.17 bits per heavy atom. The van der Waals surface area contributed by atoms with E-state index in [-0.39, 0.29) is 11.0 Å². The van der Waals surface area contributed by atoms with E-state index < -0.39 is 0 Å². The number of aromatic nitrogens is 2. The van der Waals surface area contributed by atoms with Gasteiger partial charge >= 0.3 is 0 Å². The van der Waals surface area contributed by atoms with Crippen LogP contribution in [0.1, 0.15) is 29.0 Å². The number of aliphatic imine (C=N–C) groups is 1. The minimum Gasteiger partial charge on any atom is -0.502 e. The van der Waals surface area contributed by atoms with E-state index in [1.165, 1.54) is 14.2 Å². The van der Waals surface area contributed by atoms with E-state index in [1.54, 1.807) is 18.9 Å². The molecule has 0 aliphatic carbocycles. The first-order chi connectivity index (χ1) is 14.5. The zero-order valence-corrected chi connectivity index (χ0v) is 18.3. The Morgan fingerprint density at radius 1 is 0.967 bits per heavy atom. The lowest BCUT2D eigenvalue weighted by atomic mass is 10.0. The molecule has 0 bridgehead atoms. The maximum atomic E-state index is 10.3. The van der Waals surface area contributed by atoms with Crippen molar-refractivity contribution < 1.29 is 19.3 Å². The van der Waals surface area contributed by atoms with Crippen LogP contribution in [0.15, 0.2) is 41.4 Å². The Balaban J connectivity index is 1.86. The molecule has 1 unspecified atom stereocenters. The zero-order chi connectivity index (χ0) is 21.4. The average molecular weight is 426 g/mol. The van der Waals surface area contributed by atoms with Crippen molar-refractivity contribution in [2.24, 2.45) is 4.99 Å². The number of rotatable bonds is 5. The smallest absolute Gasteiger partial charge is 0.200 e. The number of thioether (sulfide) groups is 1. The Morgan fingerprint density at radius 2 is 1.60 bits per heavy atom. The van der Waals surface area contributed by atoms with Crippen LogP contribution in [0.3, 0.4) is 0 Å². The predicted molar refractivity (Wildman–Crippen MR) is 118 cm³/mol. The van der Waals surface area contributed by atoms with Crippen molar-refractivity contribution >= 4 is 22.6 Å². The van der Waals surface area contributed by atoms with Gasteiger partial charge in [-0.25, -0.2) is 9.67 Å². The number of methoxy groups -OCH3 is 3. The number of benzene rings is 2. The molecule has 0 saturated carbocycles. The van der Waals surface area contributed by atoms with E-state index >= 15 is 0 Å². The third kappa shape index (κ3) is 3.37. The van der Waals surface area contributed by atoms with Gasteiger partial charge in [-0.05, 0) is 55.8 Å². The van der Waals surface area contributed by atoms with Crippen LogP contribution in [-0.4, -0.2) is 41.3 Å². The van der Waals surface area contributed by atoms with E-state index in [4.69, 9.17) is 24.3 Å². The Labute approximate surface area is 179 Å². The lowest BCUT2D eigenvalue weighted by Crippen LogP contribution is -2.07. The second-order valence-electron chi connectivity index (χ2n) is 6.84. The maximum absolute atomic E-state index is 10.3. The fourth-order valence-corrected chi connectivity index (χ4v) is 4.70. The molecule has 0 spiro atoms. The lowest BCUT2D eigenvalue weighted by molar-refractivity contribution is 0.339. The number of hydrogen-bond acceptors (Lipinski definition) is 7. The van der Waals surface area contributed by atoms with E-state index in [2.05, 4.69) is 0 Å². The summed E-state index contributed by atoms with van der Waals surface area (Å²) < 4.78 is 17.8. The first-order valence-electron chi connectivity index (χ1n) is 9.37. The van der Waals surface area contributed by atoms with Crippen LogP contribution in [0.2, 0.25) is 0 Å². The minimum atomic E-state index is -0.0621. The van der Waals surface area contributed by atoms with Crippen LogP contribution >= 0.6 is 11.8 Å². The number of phenolic OH excluding ortho intramolecular Hbond substituents is 1. The number of hydrogen-bond donors (Lipinski definition) is 1. The Bertz CT molecular complexity index is 1100. The van der Waals surface area contributed by atoms with Crippen molar-refractivity contribution in [2.75, 3.05) is 21.3 Å². The van der Waals surface area contributed by atoms with E-state index in [1.807, 2.05) is 54.9 Å². The van der Waals surface area contributed by atoms with Crippen LogP contribution in [0.4, 0.5) is 5.82 Å². The van der Waals surface area contributed by atoms with Gasteiger partial charge in [-0.2, -0.15) is 5.10 Å². The first-order valence-corrected chi connectivity index (χ1v) is 10.3. The number of aryl methyl sites for hydroxylation is 1. The summed E-state index contributed by atoms with van der Waals surface area (Å²) in [6.45, 7) is 3.97. The number of phenols is 1. The van der Waals surface area contributed by atoms with Crippen LogP contribution in [0, 0.1) is 6.92 Å². The van der Waals surface area contributed by atoms with Gasteiger partial charge in [-0.3, -0.25) is 0 Å². The van der Waals surface area contributed by atoms with Gasteiger partial charge in [0.25, 0.3) is 0 Å². The SMILES string of the molecule is COc1ccc(-n2nc(C)c3c2N=C(C)SC3c2cc(OC)c(O)c(OC)c2)cc1. The molecule has 156 valence electrons. The van der Waals surface area contributed by atoms with Gasteiger partial charge in [-0.15, -0.1) is 0 Å². The van der Waals surface area contributed by atoms with Gasteiger partial charge < -0.3 is 19.3 Å². The van der Waals surface area contributed by atoms with Crippen molar-refractivity contribution in [1.29, 1.82) is 0 Å². The van der Waals surface area contributed by atoms with Gasteiger partial charge in [0.05, 0.1) is 43.0 Å². The molecule has 1 atom stereocenters. The van der Waals surface area contributed by atoms with Crippen molar-refractivity contribution in [3.05, 3.63) is 53.2 Å². The van der Waals surface area contributed by atoms with Gasteiger partial charge in [0.15, 0.2) is 17.3 Å². The molecule has 1 N–H and O–H groups in total. The van der Waals surface area contributed by atoms with Crippen LogP contribution in [0.5, 0.6) is 23.0 Å². The fraction of sp³-hybridized carbons (Fsp3) is 0.273. The fourth-order valence-electron chi connectivity index (χ4n) is 3.55. The third-order valence-electron chi connectivity index (χ3n) is 5.02. The molecule has 2 aromatic carbocycles. The summed E-state index contributed by atoms with van der Waals surface area (Å²) in [5.41, 5.74) is 3.76. The second-order valence-corrected chi connectivity index (χ2v) is 8.13. The summed E-state index contributed by atoms with van der Waals surface area (Å²) in [6, 6.07) is 11.4. The van der Waals surface area contributed by atoms with E-state index in [0.717, 1.165) is 39.1 Å². The normalized spacial score (nSPS) is 15.4. The molecule has 1 aliphatic heterocycles. The summed E-state index contributed by atoms with van der Waals surface area (Å²) in [7, 11) is 4.69. The summed E-state index contributed by atoms with van der Waals surface area (Å²) in [4.78, 5) is 4.80. The molecular weight excluding hydrogens is 402 g/mol. The number of ether oxygens (including phenoxy) is 3. The molecule has 8 heteroatoms. The summed E-state index contributed by atoms with van der Waals surface area (Å²) in [5, 5.41) is 15.9. The molecule has 0 radical (unpaired) electrons. The highest BCUT2D eigenvalue weighted by atomic mass is 32.2. The Hall–Kier alpha value is -3.13. The monoisotopic (exact) mass is 425 g/mol. The average Bonchev–Trinajstić information content (AvgIpc) is 3.09. The van der Waals surface area contributed by atoms with Crippen LogP contribution in [0.25, 0.3) is 5.69 Å². The third-order valence-corrected chi connectivity index (χ3v) is 6.19. The second kappa shape index (κ2) is 7.95. The van der Waals surface area contributed by atoms with Gasteiger partial charge in [0, 0.05) is 5.56 Å². The summed E-state index contributed by atoms with van der Waals surface area (Å²) >= 11 is 1.64. The van der Waals surface area contributed by atoms with Crippen molar-refractivity contribution in [1.82, 2.24) is 9.78 Å². The lowest BCUT2D eigenvalue weighted by Gasteiger charge is -2.23. The zero-order valence-electron chi connectivity index (χ0n) is 17.5. The molecule has 0 amide bonds. The van der Waals surface area contributed by atoms with E-state index in [9.17, 15) is 5.11 Å². The van der Waals surface area contributed by atoms with E-state index in [0.29, 0.717) is 11.5 Å². The van der Waals surface area contributed by atoms with Crippen LogP contribution < -0.4 is 14.2 Å². The Kier molecular flexibility index (Phi) is 5.34. The number of aromatic hydroxyl groups is 1. The predicted octanol–water partition coefficient (Wildman–Crippen LogP) is 4.80. The van der Waals surface area contributed by atoms with Gasteiger partial charge in [0.1, 0.15) is 5.75 Å². The standard InChI is InChI=1S/C22H23N3O4S/c1-12-19-21(14-10-17(28-4)20(26)18(11-14)29-5)30-13(2)23-22(19)25(24-12)15-6-8-16(27-3)9-7-15/h6-11,21,26H,1-5H3. The molecule has 0 fully saturated rings. The highest BCUT2D eigenvalue weighted by Gasteiger charge is 2.31. The van der Waals surface area contributed by atoms with Crippen LogP contribution in [-0.2, 0) is 0 Å². The molecule has 3 aromatic rings. The molecule has 4 rings (SSSR count). The summed E-state index contributed by atoms with van der Waals surface area (Å²) in [6.07, 6.45) is 0. The number of nitrogens with zero attached hydrogens (tertiary/aromatic N) is 3. The maximum Gasteiger partial charge on any atom is 0.200 e. The largest absolute Gasteiger partial charge is 0.502 e. The van der Waals surface area contributed by atoms with Crippen molar-refractivity contribution in [2.45, 2.75) is 19.1 Å². The molecule has 0 saturated heterocycles. The molecule has 2 heterocycles. The molecule has 1 aromatic heterocycles. The first kappa shape index (κ1) is 20.2. The molecule has 7 nitrogen and oxygen atoms in total. The van der Waals surface area contributed by atoms with Crippen molar-refractivity contribution in [3.8, 4) is 28.7 Å². The quantitative estimate of drug-likeness (QED) is 0.633. The molecular formula is C22H23N3O4S.